The molecular weight excluding hydrogens is 514 g/mol. The number of rotatable bonds is 6. The Morgan fingerprint density at radius 1 is 0.951 bits per heavy atom. The smallest absolute Gasteiger partial charge is 0.234 e. The van der Waals surface area contributed by atoms with Crippen LogP contribution >= 0.6 is 0 Å². The summed E-state index contributed by atoms with van der Waals surface area (Å²) in [6, 6.07) is 20.6. The molecule has 6 rings (SSSR count). The number of fused-ring (bicyclic) bond motifs is 1. The molecule has 0 unspecified atom stereocenters. The van der Waals surface area contributed by atoms with Crippen LogP contribution in [0.3, 0.4) is 0 Å². The molecule has 208 valence electrons. The molecule has 1 aliphatic heterocycles. The molecule has 1 saturated heterocycles. The minimum Gasteiger partial charge on any atom is -0.494 e. The van der Waals surface area contributed by atoms with E-state index in [1.54, 1.807) is 6.33 Å². The van der Waals surface area contributed by atoms with E-state index in [2.05, 4.69) is 55.9 Å². The maximum atomic E-state index is 9.72. The van der Waals surface area contributed by atoms with Crippen LogP contribution < -0.4 is 14.5 Å². The van der Waals surface area contributed by atoms with Gasteiger partial charge < -0.3 is 23.5 Å². The van der Waals surface area contributed by atoms with E-state index < -0.39 is 0 Å². The molecule has 0 atom stereocenters. The van der Waals surface area contributed by atoms with Crippen molar-refractivity contribution in [3.63, 3.8) is 0 Å². The van der Waals surface area contributed by atoms with E-state index in [1.165, 1.54) is 0 Å². The largest absolute Gasteiger partial charge is 0.494 e. The molecule has 0 amide bonds. The third-order valence-electron chi connectivity index (χ3n) is 7.30. The molecule has 1 aliphatic rings. The van der Waals surface area contributed by atoms with E-state index in [4.69, 9.17) is 19.1 Å². The fraction of sp³-hybridized carbons (Fsp3) is 0.312. The van der Waals surface area contributed by atoms with Gasteiger partial charge in [0, 0.05) is 49.0 Å². The summed E-state index contributed by atoms with van der Waals surface area (Å²) in [6.07, 6.45) is 3.79. The van der Waals surface area contributed by atoms with Crippen molar-refractivity contribution in [3.8, 4) is 28.6 Å². The number of benzene rings is 2. The van der Waals surface area contributed by atoms with Gasteiger partial charge in [-0.25, -0.2) is 9.97 Å². The van der Waals surface area contributed by atoms with Crippen LogP contribution in [0.4, 0.5) is 11.7 Å². The second-order valence-corrected chi connectivity index (χ2v) is 11.1. The van der Waals surface area contributed by atoms with Gasteiger partial charge in [0.15, 0.2) is 5.65 Å². The van der Waals surface area contributed by atoms with Crippen molar-refractivity contribution >= 4 is 22.7 Å². The third-order valence-corrected chi connectivity index (χ3v) is 7.30. The molecule has 0 saturated carbocycles. The van der Waals surface area contributed by atoms with Crippen LogP contribution in [0.25, 0.3) is 27.8 Å². The van der Waals surface area contributed by atoms with Gasteiger partial charge in [-0.15, -0.1) is 0 Å². The molecule has 41 heavy (non-hydrogen) atoms. The predicted molar refractivity (Wildman–Crippen MR) is 160 cm³/mol. The normalized spacial score (nSPS) is 13.9. The van der Waals surface area contributed by atoms with Crippen molar-refractivity contribution in [2.45, 2.75) is 33.1 Å². The topological polar surface area (TPSA) is 96.2 Å². The van der Waals surface area contributed by atoms with Gasteiger partial charge in [0.25, 0.3) is 0 Å². The summed E-state index contributed by atoms with van der Waals surface area (Å²) in [5.41, 5.74) is 4.09. The minimum atomic E-state index is -0.275. The third kappa shape index (κ3) is 4.97. The summed E-state index contributed by atoms with van der Waals surface area (Å²) in [7, 11) is 0. The van der Waals surface area contributed by atoms with E-state index in [9.17, 15) is 5.26 Å². The van der Waals surface area contributed by atoms with E-state index >= 15 is 0 Å². The summed E-state index contributed by atoms with van der Waals surface area (Å²) >= 11 is 0. The van der Waals surface area contributed by atoms with Crippen molar-refractivity contribution in [1.82, 2.24) is 19.5 Å². The van der Waals surface area contributed by atoms with Crippen molar-refractivity contribution in [2.24, 2.45) is 0 Å². The summed E-state index contributed by atoms with van der Waals surface area (Å²) in [5, 5.41) is 10.7. The molecule has 9 heteroatoms. The molecule has 0 N–H and O–H groups in total. The first-order valence-electron chi connectivity index (χ1n) is 13.9. The SMILES string of the molecule is CCOc1ccc(-n2cc(-c3ccccc3)c3c(N4CCN(c5oc(C(C)(C)C)nc5C#N)CC4)ncnc32)cc1. The van der Waals surface area contributed by atoms with Gasteiger partial charge in [-0.2, -0.15) is 10.2 Å². The maximum Gasteiger partial charge on any atom is 0.234 e. The number of ether oxygens (including phenoxy) is 1. The van der Waals surface area contributed by atoms with Crippen LogP contribution in [0.15, 0.2) is 71.5 Å². The Balaban J connectivity index is 1.37. The Kier molecular flexibility index (Phi) is 6.83. The van der Waals surface area contributed by atoms with Crippen molar-refractivity contribution in [1.29, 1.82) is 5.26 Å². The van der Waals surface area contributed by atoms with Gasteiger partial charge >= 0.3 is 0 Å². The summed E-state index contributed by atoms with van der Waals surface area (Å²) in [4.78, 5) is 18.4. The number of hydrogen-bond donors (Lipinski definition) is 0. The number of nitrogens with zero attached hydrogens (tertiary/aromatic N) is 7. The molecule has 1 fully saturated rings. The molecule has 2 aromatic carbocycles. The quantitative estimate of drug-likeness (QED) is 0.257. The first-order chi connectivity index (χ1) is 19.9. The zero-order chi connectivity index (χ0) is 28.6. The van der Waals surface area contributed by atoms with Crippen LogP contribution in [0.5, 0.6) is 5.75 Å². The fourth-order valence-electron chi connectivity index (χ4n) is 5.23. The first-order valence-corrected chi connectivity index (χ1v) is 13.9. The van der Waals surface area contributed by atoms with Gasteiger partial charge in [0.2, 0.25) is 17.5 Å². The monoisotopic (exact) mass is 547 g/mol. The lowest BCUT2D eigenvalue weighted by molar-refractivity contribution is 0.340. The molecular formula is C32H33N7O2. The lowest BCUT2D eigenvalue weighted by Gasteiger charge is -2.35. The molecule has 0 radical (unpaired) electrons. The molecule has 4 heterocycles. The lowest BCUT2D eigenvalue weighted by Crippen LogP contribution is -2.47. The van der Waals surface area contributed by atoms with E-state index in [0.29, 0.717) is 50.3 Å². The zero-order valence-corrected chi connectivity index (χ0v) is 23.8. The minimum absolute atomic E-state index is 0.275. The second kappa shape index (κ2) is 10.6. The molecule has 3 aromatic heterocycles. The van der Waals surface area contributed by atoms with E-state index in [0.717, 1.165) is 39.4 Å². The molecule has 0 aliphatic carbocycles. The number of anilines is 2. The van der Waals surface area contributed by atoms with Crippen LogP contribution in [0.1, 0.15) is 39.3 Å². The summed E-state index contributed by atoms with van der Waals surface area (Å²) in [6.45, 7) is 11.5. The van der Waals surface area contributed by atoms with Crippen molar-refractivity contribution < 1.29 is 9.15 Å². The number of hydrogen-bond acceptors (Lipinski definition) is 8. The molecule has 0 spiro atoms. The predicted octanol–water partition coefficient (Wildman–Crippen LogP) is 5.97. The van der Waals surface area contributed by atoms with Gasteiger partial charge in [0.05, 0.1) is 12.0 Å². The lowest BCUT2D eigenvalue weighted by atomic mass is 9.97. The van der Waals surface area contributed by atoms with Gasteiger partial charge in [0.1, 0.15) is 24.0 Å². The Morgan fingerprint density at radius 3 is 2.32 bits per heavy atom. The second-order valence-electron chi connectivity index (χ2n) is 11.1. The highest BCUT2D eigenvalue weighted by molar-refractivity contribution is 6.02. The van der Waals surface area contributed by atoms with Crippen LogP contribution in [0.2, 0.25) is 0 Å². The Hall–Kier alpha value is -4.84. The number of piperazine rings is 1. The number of aromatic nitrogens is 4. The highest BCUT2D eigenvalue weighted by atomic mass is 16.5. The molecule has 0 bridgehead atoms. The maximum absolute atomic E-state index is 9.72. The van der Waals surface area contributed by atoms with Crippen molar-refractivity contribution in [3.05, 3.63) is 78.7 Å². The summed E-state index contributed by atoms with van der Waals surface area (Å²) in [5.74, 6) is 2.86. The average Bonchev–Trinajstić information content (AvgIpc) is 3.61. The van der Waals surface area contributed by atoms with Gasteiger partial charge in [-0.05, 0) is 36.8 Å². The number of nitriles is 1. The summed E-state index contributed by atoms with van der Waals surface area (Å²) < 4.78 is 13.9. The van der Waals surface area contributed by atoms with Gasteiger partial charge in [-0.3, -0.25) is 0 Å². The fourth-order valence-corrected chi connectivity index (χ4v) is 5.23. The average molecular weight is 548 g/mol. The van der Waals surface area contributed by atoms with Gasteiger partial charge in [-0.1, -0.05) is 51.1 Å². The van der Waals surface area contributed by atoms with Crippen LogP contribution in [0, 0.1) is 11.3 Å². The van der Waals surface area contributed by atoms with Crippen molar-refractivity contribution in [2.75, 3.05) is 42.6 Å². The Morgan fingerprint density at radius 2 is 1.66 bits per heavy atom. The van der Waals surface area contributed by atoms with E-state index in [1.807, 2.05) is 58.0 Å². The number of oxazole rings is 1. The molecule has 5 aromatic rings. The van der Waals surface area contributed by atoms with Crippen LogP contribution in [-0.2, 0) is 5.41 Å². The Labute approximate surface area is 239 Å². The van der Waals surface area contributed by atoms with E-state index in [-0.39, 0.29) is 5.41 Å². The zero-order valence-electron chi connectivity index (χ0n) is 23.8. The van der Waals surface area contributed by atoms with Crippen LogP contribution in [-0.4, -0.2) is 52.3 Å². The first kappa shape index (κ1) is 26.4. The highest BCUT2D eigenvalue weighted by Gasteiger charge is 2.30. The highest BCUT2D eigenvalue weighted by Crippen LogP contribution is 2.38. The Bertz CT molecular complexity index is 1700. The molecule has 9 nitrogen and oxygen atoms in total. The standard InChI is InChI=1S/C32H33N7O2/c1-5-40-24-13-11-23(12-14-24)39-20-25(22-9-7-6-8-10-22)27-28(34-21-35-29(27)39)37-15-17-38(18-16-37)30-26(19-33)36-31(41-30)32(2,3)4/h6-14,20-21H,5,15-18H2,1-4H3.